The quantitative estimate of drug-likeness (QED) is 0.157. The maximum absolute atomic E-state index is 13.3. The van der Waals surface area contributed by atoms with E-state index in [-0.39, 0.29) is 18.2 Å². The van der Waals surface area contributed by atoms with Crippen molar-refractivity contribution in [1.29, 1.82) is 0 Å². The summed E-state index contributed by atoms with van der Waals surface area (Å²) in [5.74, 6) is 0.285. The molecular weight excluding hydrogens is 609 g/mol. The number of likely N-dealkylation sites (N-methyl/N-ethyl adjacent to an activating group) is 2. The van der Waals surface area contributed by atoms with Crippen molar-refractivity contribution >= 4 is 45.4 Å². The van der Waals surface area contributed by atoms with Gasteiger partial charge in [0.05, 0.1) is 17.8 Å². The zero-order chi connectivity index (χ0) is 32.8. The number of nitrogens with zero attached hydrogens (tertiary/aromatic N) is 6. The van der Waals surface area contributed by atoms with Crippen LogP contribution in [0.1, 0.15) is 22.8 Å². The molecule has 10 nitrogen and oxygen atoms in total. The van der Waals surface area contributed by atoms with Crippen LogP contribution < -0.4 is 10.6 Å². The number of hydrogen-bond donors (Lipinski definition) is 2. The van der Waals surface area contributed by atoms with Gasteiger partial charge in [0.2, 0.25) is 11.9 Å². The molecule has 0 bridgehead atoms. The van der Waals surface area contributed by atoms with Gasteiger partial charge in [-0.15, -0.1) is 11.3 Å². The van der Waals surface area contributed by atoms with Crippen LogP contribution in [-0.2, 0) is 11.2 Å². The predicted octanol–water partition coefficient (Wildman–Crippen LogP) is 6.47. The van der Waals surface area contributed by atoms with E-state index in [2.05, 4.69) is 20.5 Å². The van der Waals surface area contributed by atoms with E-state index in [1.54, 1.807) is 6.20 Å². The first-order valence-corrected chi connectivity index (χ1v) is 16.3. The molecule has 3 aromatic carbocycles. The van der Waals surface area contributed by atoms with Crippen molar-refractivity contribution in [2.45, 2.75) is 13.3 Å². The van der Waals surface area contributed by atoms with Crippen molar-refractivity contribution in [2.75, 3.05) is 44.4 Å². The van der Waals surface area contributed by atoms with Gasteiger partial charge in [-0.1, -0.05) is 48.5 Å². The normalized spacial score (nSPS) is 11.1. The molecule has 3 aromatic heterocycles. The first kappa shape index (κ1) is 31.6. The van der Waals surface area contributed by atoms with Crippen LogP contribution in [0.2, 0.25) is 0 Å². The summed E-state index contributed by atoms with van der Waals surface area (Å²) in [5, 5.41) is 8.29. The van der Waals surface area contributed by atoms with Crippen molar-refractivity contribution in [1.82, 2.24) is 29.2 Å². The molecule has 238 valence electrons. The van der Waals surface area contributed by atoms with E-state index in [1.165, 1.54) is 11.3 Å². The minimum Gasteiger partial charge on any atom is -0.338 e. The minimum atomic E-state index is -0.0901. The van der Waals surface area contributed by atoms with Crippen molar-refractivity contribution < 1.29 is 9.59 Å². The molecule has 6 aromatic rings. The minimum absolute atomic E-state index is 0.0186. The Morgan fingerprint density at radius 1 is 0.894 bits per heavy atom. The van der Waals surface area contributed by atoms with Gasteiger partial charge in [0.25, 0.3) is 5.91 Å². The summed E-state index contributed by atoms with van der Waals surface area (Å²) in [6, 6.07) is 26.6. The SMILES string of the molecule is CCN(CCN(C)C)C(=O)c1cccc(Nc2nccc(-c3c(-c4cccc(NC(=O)Cc5ccccc5)c4)nc4sccn34)n2)c1. The van der Waals surface area contributed by atoms with E-state index >= 15 is 0 Å². The Bertz CT molecular complexity index is 2000. The molecule has 0 fully saturated rings. The van der Waals surface area contributed by atoms with Gasteiger partial charge in [-0.2, -0.15) is 0 Å². The molecule has 0 aliphatic rings. The van der Waals surface area contributed by atoms with Crippen molar-refractivity contribution in [2.24, 2.45) is 0 Å². The Balaban J connectivity index is 1.25. The second kappa shape index (κ2) is 14.4. The van der Waals surface area contributed by atoms with Crippen LogP contribution in [0.5, 0.6) is 0 Å². The molecule has 0 unspecified atom stereocenters. The summed E-state index contributed by atoms with van der Waals surface area (Å²) >= 11 is 1.53. The third-order valence-electron chi connectivity index (χ3n) is 7.64. The van der Waals surface area contributed by atoms with Crippen molar-refractivity contribution in [3.05, 3.63) is 114 Å². The van der Waals surface area contributed by atoms with E-state index in [9.17, 15) is 9.59 Å². The summed E-state index contributed by atoms with van der Waals surface area (Å²) in [6.07, 6.45) is 3.96. The Kier molecular flexibility index (Phi) is 9.65. The van der Waals surface area contributed by atoms with Gasteiger partial charge >= 0.3 is 0 Å². The van der Waals surface area contributed by atoms with Crippen LogP contribution in [0, 0.1) is 0 Å². The van der Waals surface area contributed by atoms with Gasteiger partial charge in [0.1, 0.15) is 5.69 Å². The largest absolute Gasteiger partial charge is 0.338 e. The number of amides is 2. The zero-order valence-corrected chi connectivity index (χ0v) is 27.4. The number of rotatable bonds is 12. The Hall–Kier alpha value is -5.39. The van der Waals surface area contributed by atoms with Gasteiger partial charge in [0.15, 0.2) is 4.96 Å². The number of aromatic nitrogens is 4. The van der Waals surface area contributed by atoms with E-state index in [1.807, 2.05) is 127 Å². The number of carbonyl (C=O) groups excluding carboxylic acids is 2. The number of anilines is 3. The van der Waals surface area contributed by atoms with Gasteiger partial charge in [-0.3, -0.25) is 14.0 Å². The highest BCUT2D eigenvalue weighted by Gasteiger charge is 2.20. The molecule has 0 aliphatic carbocycles. The third kappa shape index (κ3) is 7.54. The zero-order valence-electron chi connectivity index (χ0n) is 26.6. The number of carbonyl (C=O) groups is 2. The molecule has 0 saturated heterocycles. The summed E-state index contributed by atoms with van der Waals surface area (Å²) < 4.78 is 2.01. The number of thiazole rings is 1. The lowest BCUT2D eigenvalue weighted by molar-refractivity contribution is -0.115. The topological polar surface area (TPSA) is 108 Å². The molecule has 2 amide bonds. The highest BCUT2D eigenvalue weighted by atomic mass is 32.1. The lowest BCUT2D eigenvalue weighted by atomic mass is 10.1. The molecule has 11 heteroatoms. The Labute approximate surface area is 277 Å². The Morgan fingerprint density at radius 2 is 1.70 bits per heavy atom. The number of imidazole rings is 1. The predicted molar refractivity (Wildman–Crippen MR) is 188 cm³/mol. The molecular formula is C36H36N8O2S. The first-order chi connectivity index (χ1) is 22.9. The van der Waals surface area contributed by atoms with Gasteiger partial charge in [-0.05, 0) is 63.0 Å². The van der Waals surface area contributed by atoms with E-state index in [4.69, 9.17) is 9.97 Å². The van der Waals surface area contributed by atoms with Crippen LogP contribution >= 0.6 is 11.3 Å². The summed E-state index contributed by atoms with van der Waals surface area (Å²) in [4.78, 5) is 45.1. The smallest absolute Gasteiger partial charge is 0.253 e. The lowest BCUT2D eigenvalue weighted by Crippen LogP contribution is -2.36. The summed E-state index contributed by atoms with van der Waals surface area (Å²) in [6.45, 7) is 4.06. The van der Waals surface area contributed by atoms with Crippen LogP contribution in [0.15, 0.2) is 103 Å². The molecule has 0 radical (unpaired) electrons. The number of hydrogen-bond acceptors (Lipinski definition) is 8. The second-order valence-corrected chi connectivity index (χ2v) is 12.2. The van der Waals surface area contributed by atoms with Gasteiger partial charge in [0, 0.05) is 59.9 Å². The molecule has 0 saturated carbocycles. The number of fused-ring (bicyclic) bond motifs is 1. The third-order valence-corrected chi connectivity index (χ3v) is 8.40. The van der Waals surface area contributed by atoms with Crippen LogP contribution in [0.4, 0.5) is 17.3 Å². The fourth-order valence-electron chi connectivity index (χ4n) is 5.28. The van der Waals surface area contributed by atoms with E-state index in [0.29, 0.717) is 41.7 Å². The van der Waals surface area contributed by atoms with Crippen molar-refractivity contribution in [3.8, 4) is 22.6 Å². The molecule has 0 aliphatic heterocycles. The maximum atomic E-state index is 13.3. The average Bonchev–Trinajstić information content (AvgIpc) is 3.68. The first-order valence-electron chi connectivity index (χ1n) is 15.4. The van der Waals surface area contributed by atoms with E-state index in [0.717, 1.165) is 34.0 Å². The highest BCUT2D eigenvalue weighted by molar-refractivity contribution is 7.15. The molecule has 47 heavy (non-hydrogen) atoms. The van der Waals surface area contributed by atoms with Crippen LogP contribution in [0.3, 0.4) is 0 Å². The van der Waals surface area contributed by atoms with Crippen LogP contribution in [0.25, 0.3) is 27.6 Å². The fraction of sp³-hybridized carbons (Fsp3) is 0.194. The monoisotopic (exact) mass is 644 g/mol. The number of nitrogens with one attached hydrogen (secondary N) is 2. The summed E-state index contributed by atoms with van der Waals surface area (Å²) in [7, 11) is 4.00. The highest BCUT2D eigenvalue weighted by Crippen LogP contribution is 2.35. The number of benzene rings is 3. The van der Waals surface area contributed by atoms with E-state index < -0.39 is 0 Å². The van der Waals surface area contributed by atoms with Crippen LogP contribution in [-0.4, -0.2) is 74.7 Å². The molecule has 0 spiro atoms. The van der Waals surface area contributed by atoms with Gasteiger partial charge in [-0.25, -0.2) is 15.0 Å². The van der Waals surface area contributed by atoms with Gasteiger partial charge < -0.3 is 20.4 Å². The maximum Gasteiger partial charge on any atom is 0.253 e. The fourth-order valence-corrected chi connectivity index (χ4v) is 5.99. The Morgan fingerprint density at radius 3 is 2.51 bits per heavy atom. The van der Waals surface area contributed by atoms with Crippen molar-refractivity contribution in [3.63, 3.8) is 0 Å². The molecule has 3 heterocycles. The second-order valence-electron chi connectivity index (χ2n) is 11.3. The molecule has 0 atom stereocenters. The molecule has 2 N–H and O–H groups in total. The molecule has 6 rings (SSSR count). The average molecular weight is 645 g/mol. The summed E-state index contributed by atoms with van der Waals surface area (Å²) in [5.41, 5.74) is 6.03. The standard InChI is InChI=1S/C36H36N8O2S/c1-4-43(19-18-42(2)3)34(46)27-13-9-15-29(24-27)39-35-37-17-16-30(40-35)33-32(41-36-44(33)20-21-47-36)26-12-8-14-28(23-26)38-31(45)22-25-10-6-5-7-11-25/h5-17,20-21,23-24H,4,18-19,22H2,1-3H3,(H,38,45)(H,37,39,40). The lowest BCUT2D eigenvalue weighted by Gasteiger charge is -2.23.